The third-order valence-electron chi connectivity index (χ3n) is 15.1. The number of hydrogen-bond donors (Lipinski definition) is 10. The molecule has 2 aliphatic rings. The number of rotatable bonds is 46. The van der Waals surface area contributed by atoms with Gasteiger partial charge < -0.3 is 70.2 Å². The third-order valence-corrected chi connectivity index (χ3v) is 15.1. The van der Waals surface area contributed by atoms with Crippen LogP contribution in [-0.4, -0.2) is 151 Å². The van der Waals surface area contributed by atoms with Crippen LogP contribution in [0.15, 0.2) is 0 Å². The van der Waals surface area contributed by atoms with E-state index in [2.05, 4.69) is 26.1 Å². The lowest BCUT2D eigenvalue weighted by Crippen LogP contribution is -2.61. The van der Waals surface area contributed by atoms with Gasteiger partial charge in [-0.15, -0.1) is 0 Å². The number of ether oxygens (including phenoxy) is 4. The van der Waals surface area contributed by atoms with Crippen LogP contribution in [0.5, 0.6) is 0 Å². The second-order valence-corrected chi connectivity index (χ2v) is 21.6. The molecule has 71 heavy (non-hydrogen) atoms. The Morgan fingerprint density at radius 2 is 0.944 bits per heavy atom. The second-order valence-electron chi connectivity index (χ2n) is 21.6. The molecular weight excluding hydrogens is 911 g/mol. The van der Waals surface area contributed by atoms with Crippen LogP contribution in [-0.2, 0) is 23.7 Å². The molecule has 2 rings (SSSR count). The number of unbranched alkanes of at least 4 members (excludes halogenated alkanes) is 29. The maximum absolute atomic E-state index is 13.3. The van der Waals surface area contributed by atoms with E-state index in [4.69, 9.17) is 18.9 Å². The minimum Gasteiger partial charge on any atom is -0.390 e. The summed E-state index contributed by atoms with van der Waals surface area (Å²) in [4.78, 5) is 13.3. The summed E-state index contributed by atoms with van der Waals surface area (Å²) in [5.74, 6) is 0.0730. The molecule has 2 aliphatic heterocycles. The van der Waals surface area contributed by atoms with Crippen molar-refractivity contribution < 1.29 is 69.7 Å². The van der Waals surface area contributed by atoms with Crippen molar-refractivity contribution in [1.82, 2.24) is 5.32 Å². The van der Waals surface area contributed by atoms with Gasteiger partial charge in [0, 0.05) is 0 Å². The van der Waals surface area contributed by atoms with Gasteiger partial charge in [-0.05, 0) is 18.8 Å². The van der Waals surface area contributed by atoms with Crippen LogP contribution in [0.1, 0.15) is 245 Å². The predicted octanol–water partition coefficient (Wildman–Crippen LogP) is 8.16. The Kier molecular flexibility index (Phi) is 39.2. The van der Waals surface area contributed by atoms with Crippen LogP contribution >= 0.6 is 0 Å². The number of nitrogens with one attached hydrogen (secondary N) is 1. The lowest BCUT2D eigenvalue weighted by molar-refractivity contribution is -0.322. The van der Waals surface area contributed by atoms with E-state index < -0.39 is 98.8 Å². The van der Waals surface area contributed by atoms with E-state index in [0.717, 1.165) is 44.4 Å². The first-order valence-corrected chi connectivity index (χ1v) is 29.2. The van der Waals surface area contributed by atoms with Crippen LogP contribution in [0.25, 0.3) is 0 Å². The van der Waals surface area contributed by atoms with Crippen molar-refractivity contribution >= 4 is 5.91 Å². The summed E-state index contributed by atoms with van der Waals surface area (Å²) in [7, 11) is 0. The highest BCUT2D eigenvalue weighted by Gasteiger charge is 2.46. The number of carbonyl (C=O) groups excluding carboxylic acids is 1. The highest BCUT2D eigenvalue weighted by Crippen LogP contribution is 2.26. The highest BCUT2D eigenvalue weighted by molar-refractivity contribution is 5.80. The van der Waals surface area contributed by atoms with Crippen molar-refractivity contribution in [2.45, 2.75) is 325 Å². The molecule has 1 unspecified atom stereocenters. The summed E-state index contributed by atoms with van der Waals surface area (Å²) in [6.45, 7) is 5.53. The fourth-order valence-corrected chi connectivity index (χ4v) is 9.81. The summed E-state index contributed by atoms with van der Waals surface area (Å²) in [5.41, 5.74) is 0. The average Bonchev–Trinajstić information content (AvgIpc) is 3.36. The third kappa shape index (κ3) is 29.7. The minimum atomic E-state index is -1.77. The van der Waals surface area contributed by atoms with E-state index in [1.165, 1.54) is 161 Å². The summed E-state index contributed by atoms with van der Waals surface area (Å²) in [6.07, 6.45) is 22.6. The van der Waals surface area contributed by atoms with Gasteiger partial charge in [-0.25, -0.2) is 0 Å². The zero-order chi connectivity index (χ0) is 52.1. The molecule has 0 spiro atoms. The molecule has 0 saturated carbocycles. The fraction of sp³-hybridized carbons (Fsp3) is 0.982. The zero-order valence-electron chi connectivity index (χ0n) is 45.0. The smallest absolute Gasteiger partial charge is 0.249 e. The number of carbonyl (C=O) groups is 1. The Labute approximate surface area is 430 Å². The molecule has 2 heterocycles. The largest absolute Gasteiger partial charge is 0.390 e. The maximum atomic E-state index is 13.3. The number of amides is 1. The van der Waals surface area contributed by atoms with Crippen molar-refractivity contribution in [2.24, 2.45) is 5.92 Å². The summed E-state index contributed by atoms with van der Waals surface area (Å²) >= 11 is 0. The van der Waals surface area contributed by atoms with Crippen molar-refractivity contribution in [2.75, 3.05) is 19.8 Å². The van der Waals surface area contributed by atoms with Crippen molar-refractivity contribution in [1.29, 1.82) is 0 Å². The quantitative estimate of drug-likeness (QED) is 0.0259. The molecule has 2 saturated heterocycles. The van der Waals surface area contributed by atoms with Gasteiger partial charge in [0.15, 0.2) is 12.6 Å². The molecule has 14 atom stereocenters. The van der Waals surface area contributed by atoms with Crippen LogP contribution in [0.2, 0.25) is 0 Å². The molecule has 0 aliphatic carbocycles. The Morgan fingerprint density at radius 3 is 1.41 bits per heavy atom. The van der Waals surface area contributed by atoms with E-state index in [1.807, 2.05) is 0 Å². The molecule has 15 heteroatoms. The SMILES string of the molecule is CCCCCCCCCCCCCCCCCCCCCCC[C@@H](O)C(=O)N[C@@H](CO[C@@H]1O[C@H](CO[C@@H]2OC[C@@H](O)[C@@H](O)[C@@H]2O)[C@@H](O)[C@H](O)[C@H]1O)[C@H](O)[C@H](O)CCCCCCCCCCCCC(C)CC. The first-order valence-electron chi connectivity index (χ1n) is 29.2. The van der Waals surface area contributed by atoms with E-state index in [0.29, 0.717) is 12.8 Å². The Bertz CT molecular complexity index is 1240. The monoisotopic (exact) mass is 1020 g/mol. The van der Waals surface area contributed by atoms with E-state index >= 15 is 0 Å². The van der Waals surface area contributed by atoms with E-state index in [-0.39, 0.29) is 19.4 Å². The van der Waals surface area contributed by atoms with E-state index in [9.17, 15) is 50.8 Å². The molecule has 1 amide bonds. The molecule has 0 aromatic heterocycles. The van der Waals surface area contributed by atoms with Gasteiger partial charge in [-0.2, -0.15) is 0 Å². The first kappa shape index (κ1) is 66.1. The number of aliphatic hydroxyl groups is 9. The van der Waals surface area contributed by atoms with Gasteiger partial charge in [-0.3, -0.25) is 4.79 Å². The Morgan fingerprint density at radius 1 is 0.521 bits per heavy atom. The van der Waals surface area contributed by atoms with Gasteiger partial charge >= 0.3 is 0 Å². The minimum absolute atomic E-state index is 0.223. The second kappa shape index (κ2) is 42.1. The van der Waals surface area contributed by atoms with Crippen LogP contribution in [0.4, 0.5) is 0 Å². The standard InChI is InChI=1S/C56H109NO14/c1-4-6-7-8-9-10-11-12-13-14-15-16-17-18-19-20-21-26-29-32-35-38-45(59)54(67)57-43(48(61)44(58)37-34-31-28-25-23-22-24-27-30-33-36-42(3)5-2)39-68-56-53(66)51(64)50(63)47(71-56)41-70-55-52(65)49(62)46(60)40-69-55/h42-53,55-56,58-66H,4-41H2,1-3H3,(H,57,67)/t42?,43-,44+,45+,46+,47+,48-,49+,50+,51-,52-,53+,55-,56+/m0/s1. The highest BCUT2D eigenvalue weighted by atomic mass is 16.7. The molecule has 0 bridgehead atoms. The first-order chi connectivity index (χ1) is 34.3. The summed E-state index contributed by atoms with van der Waals surface area (Å²) in [6, 6.07) is -1.25. The molecule has 0 radical (unpaired) electrons. The van der Waals surface area contributed by atoms with Crippen LogP contribution in [0.3, 0.4) is 0 Å². The number of aliphatic hydroxyl groups excluding tert-OH is 9. The Balaban J connectivity index is 1.77. The zero-order valence-corrected chi connectivity index (χ0v) is 45.0. The average molecular weight is 1020 g/mol. The summed E-state index contributed by atoms with van der Waals surface area (Å²) in [5, 5.41) is 98.2. The maximum Gasteiger partial charge on any atom is 0.249 e. The van der Waals surface area contributed by atoms with Crippen LogP contribution < -0.4 is 5.32 Å². The summed E-state index contributed by atoms with van der Waals surface area (Å²) < 4.78 is 22.3. The molecular formula is C56H109NO14. The molecule has 0 aromatic carbocycles. The Hall–Kier alpha value is -1.05. The lowest BCUT2D eigenvalue weighted by Gasteiger charge is -2.42. The van der Waals surface area contributed by atoms with Gasteiger partial charge in [-0.1, -0.05) is 233 Å². The molecule has 0 aromatic rings. The van der Waals surface area contributed by atoms with Crippen molar-refractivity contribution in [3.63, 3.8) is 0 Å². The van der Waals surface area contributed by atoms with Crippen LogP contribution in [0, 0.1) is 5.92 Å². The van der Waals surface area contributed by atoms with Crippen molar-refractivity contribution in [3.8, 4) is 0 Å². The predicted molar refractivity (Wildman–Crippen MR) is 278 cm³/mol. The van der Waals surface area contributed by atoms with Gasteiger partial charge in [0.25, 0.3) is 0 Å². The van der Waals surface area contributed by atoms with Crippen molar-refractivity contribution in [3.05, 3.63) is 0 Å². The molecule has 422 valence electrons. The van der Waals surface area contributed by atoms with E-state index in [1.54, 1.807) is 0 Å². The number of hydrogen-bond acceptors (Lipinski definition) is 14. The molecule has 10 N–H and O–H groups in total. The topological polar surface area (TPSA) is 248 Å². The van der Waals surface area contributed by atoms with Gasteiger partial charge in [0.05, 0.1) is 32.0 Å². The normalized spacial score (nSPS) is 26.0. The van der Waals surface area contributed by atoms with Gasteiger partial charge in [0.1, 0.15) is 54.9 Å². The molecule has 2 fully saturated rings. The van der Waals surface area contributed by atoms with Gasteiger partial charge in [0.2, 0.25) is 5.91 Å². The lowest BCUT2D eigenvalue weighted by atomic mass is 9.98. The fourth-order valence-electron chi connectivity index (χ4n) is 9.81. The molecule has 15 nitrogen and oxygen atoms in total.